The summed E-state index contributed by atoms with van der Waals surface area (Å²) in [4.78, 5) is 14.8. The molecule has 0 radical (unpaired) electrons. The van der Waals surface area contributed by atoms with Crippen LogP contribution in [0.4, 0.5) is 0 Å². The summed E-state index contributed by atoms with van der Waals surface area (Å²) in [5.74, 6) is 1.53. The average Bonchev–Trinajstić information content (AvgIpc) is 3.07. The largest absolute Gasteiger partial charge is 0.490 e. The molecule has 5 rings (SSSR count). The molecule has 1 saturated heterocycles. The molecule has 1 unspecified atom stereocenters. The maximum absolute atomic E-state index is 13.2. The molecule has 1 fully saturated rings. The number of piperazine rings is 1. The lowest BCUT2D eigenvalue weighted by Gasteiger charge is -2.35. The van der Waals surface area contributed by atoms with Crippen LogP contribution in [0, 0.1) is 0 Å². The van der Waals surface area contributed by atoms with E-state index in [1.165, 1.54) is 16.4 Å². The van der Waals surface area contributed by atoms with Gasteiger partial charge in [0.1, 0.15) is 5.75 Å². The van der Waals surface area contributed by atoms with E-state index in [0.717, 1.165) is 12.0 Å². The van der Waals surface area contributed by atoms with Crippen LogP contribution in [0.3, 0.4) is 0 Å². The molecule has 2 aromatic carbocycles. The molecule has 0 aromatic heterocycles. The number of benzene rings is 2. The number of nitrogens with zero attached hydrogens (tertiary/aromatic N) is 2. The first-order valence-electron chi connectivity index (χ1n) is 10.6. The Balaban J connectivity index is 1.24. The fourth-order valence-corrected chi connectivity index (χ4v) is 5.79. The van der Waals surface area contributed by atoms with Gasteiger partial charge >= 0.3 is 0 Å². The Hall–Kier alpha value is -2.49. The number of sulfonamides is 1. The smallest absolute Gasteiger partial charge is 0.264 e. The number of amides is 1. The monoisotopic (exact) mass is 478 g/mol. The lowest BCUT2D eigenvalue weighted by molar-refractivity contribution is -0.139. The fourth-order valence-electron chi connectivity index (χ4n) is 4.16. The van der Waals surface area contributed by atoms with Gasteiger partial charge in [-0.1, -0.05) is 11.6 Å². The summed E-state index contributed by atoms with van der Waals surface area (Å²) in [6.07, 6.45) is 0.605. The normalized spacial score (nSPS) is 20.9. The van der Waals surface area contributed by atoms with Gasteiger partial charge in [-0.25, -0.2) is 8.42 Å². The zero-order chi connectivity index (χ0) is 22.3. The summed E-state index contributed by atoms with van der Waals surface area (Å²) >= 11 is 6.03. The molecule has 170 valence electrons. The van der Waals surface area contributed by atoms with Crippen LogP contribution in [0.15, 0.2) is 41.3 Å². The van der Waals surface area contributed by atoms with Crippen molar-refractivity contribution in [2.24, 2.45) is 0 Å². The number of ether oxygens (including phenoxy) is 3. The molecular formula is C22H23ClN2O6S. The quantitative estimate of drug-likeness (QED) is 0.673. The van der Waals surface area contributed by atoms with Crippen molar-refractivity contribution in [2.75, 3.05) is 39.4 Å². The second-order valence-corrected chi connectivity index (χ2v) is 10.3. The molecule has 1 atom stereocenters. The van der Waals surface area contributed by atoms with Gasteiger partial charge in [0.15, 0.2) is 17.6 Å². The molecule has 1 amide bonds. The number of halogens is 1. The minimum Gasteiger partial charge on any atom is -0.490 e. The van der Waals surface area contributed by atoms with E-state index in [2.05, 4.69) is 0 Å². The highest BCUT2D eigenvalue weighted by Crippen LogP contribution is 2.34. The van der Waals surface area contributed by atoms with Crippen molar-refractivity contribution in [3.05, 3.63) is 47.0 Å². The van der Waals surface area contributed by atoms with E-state index in [1.54, 1.807) is 23.1 Å². The summed E-state index contributed by atoms with van der Waals surface area (Å²) in [7, 11) is -3.71. The topological polar surface area (TPSA) is 85.4 Å². The molecule has 3 heterocycles. The van der Waals surface area contributed by atoms with Gasteiger partial charge in [0.05, 0.1) is 18.1 Å². The minimum absolute atomic E-state index is 0.134. The highest BCUT2D eigenvalue weighted by atomic mass is 35.5. The first-order valence-corrected chi connectivity index (χ1v) is 12.4. The predicted molar refractivity (Wildman–Crippen MR) is 117 cm³/mol. The van der Waals surface area contributed by atoms with Crippen molar-refractivity contribution in [1.82, 2.24) is 9.21 Å². The lowest BCUT2D eigenvalue weighted by Crippen LogP contribution is -2.53. The maximum Gasteiger partial charge on any atom is 0.264 e. The average molecular weight is 479 g/mol. The Morgan fingerprint density at radius 1 is 0.938 bits per heavy atom. The Labute approximate surface area is 191 Å². The third-order valence-electron chi connectivity index (χ3n) is 5.88. The van der Waals surface area contributed by atoms with Gasteiger partial charge in [0.2, 0.25) is 10.0 Å². The Morgan fingerprint density at radius 3 is 2.44 bits per heavy atom. The number of carbonyl (C=O) groups is 1. The first kappa shape index (κ1) is 21.4. The Bertz CT molecular complexity index is 1150. The third kappa shape index (κ3) is 4.00. The number of rotatable bonds is 3. The van der Waals surface area contributed by atoms with Gasteiger partial charge in [-0.05, 0) is 35.9 Å². The van der Waals surface area contributed by atoms with E-state index in [9.17, 15) is 13.2 Å². The maximum atomic E-state index is 13.2. The molecule has 0 N–H and O–H groups in total. The van der Waals surface area contributed by atoms with Crippen molar-refractivity contribution >= 4 is 27.5 Å². The van der Waals surface area contributed by atoms with E-state index in [-0.39, 0.29) is 23.9 Å². The second kappa shape index (κ2) is 8.46. The molecular weight excluding hydrogens is 456 g/mol. The van der Waals surface area contributed by atoms with E-state index in [0.29, 0.717) is 55.0 Å². The number of fused-ring (bicyclic) bond motifs is 2. The number of hydrogen-bond acceptors (Lipinski definition) is 6. The predicted octanol–water partition coefficient (Wildman–Crippen LogP) is 2.34. The molecule has 0 saturated carbocycles. The van der Waals surface area contributed by atoms with Gasteiger partial charge in [-0.2, -0.15) is 4.31 Å². The van der Waals surface area contributed by atoms with Gasteiger partial charge < -0.3 is 19.1 Å². The minimum atomic E-state index is -3.71. The summed E-state index contributed by atoms with van der Waals surface area (Å²) in [6.45, 7) is 2.07. The Kier molecular flexibility index (Phi) is 5.65. The van der Waals surface area contributed by atoms with Crippen LogP contribution in [0.5, 0.6) is 17.2 Å². The van der Waals surface area contributed by atoms with Crippen LogP contribution in [0.2, 0.25) is 5.02 Å². The highest BCUT2D eigenvalue weighted by Gasteiger charge is 2.36. The molecule has 10 heteroatoms. The molecule has 0 bridgehead atoms. The highest BCUT2D eigenvalue weighted by molar-refractivity contribution is 7.89. The van der Waals surface area contributed by atoms with Gasteiger partial charge in [-0.3, -0.25) is 4.79 Å². The number of carbonyl (C=O) groups excluding carboxylic acids is 1. The van der Waals surface area contributed by atoms with Crippen LogP contribution in [-0.2, 0) is 21.2 Å². The van der Waals surface area contributed by atoms with Gasteiger partial charge in [0.25, 0.3) is 5.91 Å². The SMILES string of the molecule is O=C(C1Cc2cc(Cl)ccc2O1)N1CCN(S(=O)(=O)c2ccc3c(c2)OCCCO3)CC1. The molecule has 32 heavy (non-hydrogen) atoms. The number of hydrogen-bond donors (Lipinski definition) is 0. The zero-order valence-corrected chi connectivity index (χ0v) is 18.9. The van der Waals surface area contributed by atoms with Gasteiger partial charge in [-0.15, -0.1) is 0 Å². The molecule has 0 spiro atoms. The Morgan fingerprint density at radius 2 is 1.66 bits per heavy atom. The molecule has 2 aromatic rings. The lowest BCUT2D eigenvalue weighted by atomic mass is 10.1. The van der Waals surface area contributed by atoms with Crippen LogP contribution >= 0.6 is 11.6 Å². The zero-order valence-electron chi connectivity index (χ0n) is 17.3. The third-order valence-corrected chi connectivity index (χ3v) is 8.01. The van der Waals surface area contributed by atoms with Crippen LogP contribution < -0.4 is 14.2 Å². The van der Waals surface area contributed by atoms with E-state index < -0.39 is 16.1 Å². The standard InChI is InChI=1S/C22H23ClN2O6S/c23-16-2-4-18-15(12-16)13-21(31-18)22(26)24-6-8-25(9-7-24)32(27,28)17-3-5-19-20(14-17)30-11-1-10-29-19/h2-5,12,14,21H,1,6-11,13H2. The van der Waals surface area contributed by atoms with Crippen LogP contribution in [0.25, 0.3) is 0 Å². The van der Waals surface area contributed by atoms with Crippen LogP contribution in [0.1, 0.15) is 12.0 Å². The van der Waals surface area contributed by atoms with Crippen molar-refractivity contribution in [2.45, 2.75) is 23.8 Å². The molecule has 8 nitrogen and oxygen atoms in total. The van der Waals surface area contributed by atoms with Gasteiger partial charge in [0, 0.05) is 50.1 Å². The van der Waals surface area contributed by atoms with Crippen molar-refractivity contribution in [3.8, 4) is 17.2 Å². The summed E-state index contributed by atoms with van der Waals surface area (Å²) in [6, 6.07) is 10.00. The van der Waals surface area contributed by atoms with E-state index >= 15 is 0 Å². The van der Waals surface area contributed by atoms with Crippen molar-refractivity contribution < 1.29 is 27.4 Å². The molecule has 0 aliphatic carbocycles. The summed E-state index contributed by atoms with van der Waals surface area (Å²) in [5.41, 5.74) is 0.909. The molecule has 3 aliphatic heterocycles. The molecule has 3 aliphatic rings. The van der Waals surface area contributed by atoms with Crippen molar-refractivity contribution in [3.63, 3.8) is 0 Å². The fraction of sp³-hybridized carbons (Fsp3) is 0.409. The summed E-state index contributed by atoms with van der Waals surface area (Å²) < 4.78 is 44.7. The van der Waals surface area contributed by atoms with Crippen LogP contribution in [-0.4, -0.2) is 69.0 Å². The van der Waals surface area contributed by atoms with E-state index in [1.807, 2.05) is 6.07 Å². The second-order valence-electron chi connectivity index (χ2n) is 7.95. The van der Waals surface area contributed by atoms with Crippen molar-refractivity contribution in [1.29, 1.82) is 0 Å². The first-order chi connectivity index (χ1) is 15.4. The van der Waals surface area contributed by atoms with E-state index in [4.69, 9.17) is 25.8 Å². The summed E-state index contributed by atoms with van der Waals surface area (Å²) in [5, 5.41) is 0.606.